The van der Waals surface area contributed by atoms with E-state index in [4.69, 9.17) is 4.74 Å². The summed E-state index contributed by atoms with van der Waals surface area (Å²) >= 11 is 0. The van der Waals surface area contributed by atoms with Gasteiger partial charge in [-0.25, -0.2) is 8.42 Å². The van der Waals surface area contributed by atoms with Gasteiger partial charge >= 0.3 is 0 Å². The molecular weight excluding hydrogens is 490 g/mol. The molecule has 0 saturated heterocycles. The molecule has 3 aromatic carbocycles. The summed E-state index contributed by atoms with van der Waals surface area (Å²) in [6, 6.07) is 24.3. The summed E-state index contributed by atoms with van der Waals surface area (Å²) in [5.74, 6) is 0.431. The van der Waals surface area contributed by atoms with Crippen molar-refractivity contribution in [1.82, 2.24) is 10.2 Å². The first-order valence-electron chi connectivity index (χ1n) is 12.1. The summed E-state index contributed by atoms with van der Waals surface area (Å²) in [5, 5.41) is 2.78. The van der Waals surface area contributed by atoms with Crippen LogP contribution in [0, 0.1) is 0 Å². The number of para-hydroxylation sites is 1. The molecule has 3 aromatic rings. The predicted octanol–water partition coefficient (Wildman–Crippen LogP) is 4.19. The minimum absolute atomic E-state index is 0.177. The molecule has 3 rings (SSSR count). The highest BCUT2D eigenvalue weighted by molar-refractivity contribution is 7.92. The first-order chi connectivity index (χ1) is 17.7. The van der Waals surface area contributed by atoms with E-state index in [-0.39, 0.29) is 12.5 Å². The highest BCUT2D eigenvalue weighted by Gasteiger charge is 2.31. The van der Waals surface area contributed by atoms with Gasteiger partial charge in [-0.2, -0.15) is 0 Å². The second kappa shape index (κ2) is 12.9. The van der Waals surface area contributed by atoms with Crippen LogP contribution in [0.4, 0.5) is 5.69 Å². The van der Waals surface area contributed by atoms with Crippen molar-refractivity contribution in [3.05, 3.63) is 90.5 Å². The molecule has 1 atom stereocenters. The third-order valence-electron chi connectivity index (χ3n) is 5.72. The Bertz CT molecular complexity index is 1270. The van der Waals surface area contributed by atoms with E-state index in [0.717, 1.165) is 16.1 Å². The lowest BCUT2D eigenvalue weighted by Crippen LogP contribution is -2.52. The highest BCUT2D eigenvalue weighted by atomic mass is 32.2. The third kappa shape index (κ3) is 7.82. The fraction of sp³-hybridized carbons (Fsp3) is 0.286. The van der Waals surface area contributed by atoms with E-state index in [1.54, 1.807) is 24.3 Å². The second-order valence-corrected chi connectivity index (χ2v) is 10.4. The van der Waals surface area contributed by atoms with Crippen molar-refractivity contribution in [3.8, 4) is 11.5 Å². The van der Waals surface area contributed by atoms with Gasteiger partial charge in [-0.3, -0.25) is 13.9 Å². The van der Waals surface area contributed by atoms with Gasteiger partial charge < -0.3 is 15.0 Å². The Kier molecular flexibility index (Phi) is 9.68. The van der Waals surface area contributed by atoms with Crippen LogP contribution in [-0.2, 0) is 26.2 Å². The van der Waals surface area contributed by atoms with Gasteiger partial charge in [-0.1, -0.05) is 55.5 Å². The normalized spacial score (nSPS) is 11.9. The fourth-order valence-electron chi connectivity index (χ4n) is 3.91. The molecule has 0 aliphatic rings. The summed E-state index contributed by atoms with van der Waals surface area (Å²) in [6.45, 7) is 3.79. The zero-order valence-corrected chi connectivity index (χ0v) is 22.1. The molecule has 0 aliphatic carbocycles. The Morgan fingerprint density at radius 2 is 1.43 bits per heavy atom. The molecule has 37 heavy (non-hydrogen) atoms. The van der Waals surface area contributed by atoms with Crippen LogP contribution in [0.1, 0.15) is 25.8 Å². The number of benzene rings is 3. The molecule has 196 valence electrons. The van der Waals surface area contributed by atoms with Crippen molar-refractivity contribution >= 4 is 27.5 Å². The molecule has 0 saturated carbocycles. The molecule has 0 heterocycles. The molecule has 8 nitrogen and oxygen atoms in total. The predicted molar refractivity (Wildman–Crippen MR) is 145 cm³/mol. The van der Waals surface area contributed by atoms with Crippen LogP contribution in [0.3, 0.4) is 0 Å². The van der Waals surface area contributed by atoms with Gasteiger partial charge in [0.05, 0.1) is 11.9 Å². The van der Waals surface area contributed by atoms with E-state index >= 15 is 0 Å². The molecule has 9 heteroatoms. The van der Waals surface area contributed by atoms with Crippen LogP contribution in [-0.4, -0.2) is 50.5 Å². The number of ether oxygens (including phenoxy) is 1. The Hall–Kier alpha value is -3.85. The van der Waals surface area contributed by atoms with Crippen LogP contribution < -0.4 is 14.4 Å². The molecular formula is C28H33N3O5S. The van der Waals surface area contributed by atoms with Gasteiger partial charge in [0.2, 0.25) is 21.8 Å². The SMILES string of the molecule is CCNC(=O)[C@H](CC)N(Cc1ccccc1)C(=O)CN(c1ccc(Oc2ccccc2)cc1)S(C)(=O)=O. The topological polar surface area (TPSA) is 96.0 Å². The van der Waals surface area contributed by atoms with E-state index in [1.165, 1.54) is 4.90 Å². The quantitative estimate of drug-likeness (QED) is 0.384. The largest absolute Gasteiger partial charge is 0.457 e. The van der Waals surface area contributed by atoms with Crippen molar-refractivity contribution in [1.29, 1.82) is 0 Å². The Labute approximate surface area is 218 Å². The molecule has 2 amide bonds. The van der Waals surface area contributed by atoms with Gasteiger partial charge in [-0.05, 0) is 55.3 Å². The standard InChI is InChI=1S/C28H33N3O5S/c1-4-26(28(33)29-5-2)30(20-22-12-8-6-9-13-22)27(32)21-31(37(3,34)35)23-16-18-25(19-17-23)36-24-14-10-7-11-15-24/h6-19,26H,4-5,20-21H2,1-3H3,(H,29,33)/t26-/m0/s1. The van der Waals surface area contributed by atoms with Gasteiger partial charge in [0, 0.05) is 13.1 Å². The minimum Gasteiger partial charge on any atom is -0.457 e. The van der Waals surface area contributed by atoms with Gasteiger partial charge in [0.1, 0.15) is 24.1 Å². The van der Waals surface area contributed by atoms with Crippen molar-refractivity contribution in [2.75, 3.05) is 23.7 Å². The van der Waals surface area contributed by atoms with Crippen LogP contribution in [0.25, 0.3) is 0 Å². The first-order valence-corrected chi connectivity index (χ1v) is 14.0. The average Bonchev–Trinajstić information content (AvgIpc) is 2.88. The lowest BCUT2D eigenvalue weighted by atomic mass is 10.1. The van der Waals surface area contributed by atoms with Crippen LogP contribution >= 0.6 is 0 Å². The van der Waals surface area contributed by atoms with Crippen LogP contribution in [0.2, 0.25) is 0 Å². The van der Waals surface area contributed by atoms with E-state index < -0.39 is 28.5 Å². The fourth-order valence-corrected chi connectivity index (χ4v) is 4.76. The number of carbonyl (C=O) groups is 2. The Morgan fingerprint density at radius 1 is 0.865 bits per heavy atom. The number of carbonyl (C=O) groups excluding carboxylic acids is 2. The number of sulfonamides is 1. The molecule has 0 unspecified atom stereocenters. The van der Waals surface area contributed by atoms with Gasteiger partial charge in [0.15, 0.2) is 0 Å². The van der Waals surface area contributed by atoms with E-state index in [9.17, 15) is 18.0 Å². The zero-order chi connectivity index (χ0) is 26.8. The number of nitrogens with zero attached hydrogens (tertiary/aromatic N) is 2. The number of likely N-dealkylation sites (N-methyl/N-ethyl adjacent to an activating group) is 1. The monoisotopic (exact) mass is 523 g/mol. The lowest BCUT2D eigenvalue weighted by Gasteiger charge is -2.32. The Morgan fingerprint density at radius 3 is 1.97 bits per heavy atom. The first kappa shape index (κ1) is 27.7. The smallest absolute Gasteiger partial charge is 0.244 e. The van der Waals surface area contributed by atoms with Crippen molar-refractivity contribution in [2.45, 2.75) is 32.9 Å². The second-order valence-electron chi connectivity index (χ2n) is 8.50. The lowest BCUT2D eigenvalue weighted by molar-refractivity contribution is -0.140. The zero-order valence-electron chi connectivity index (χ0n) is 21.3. The molecule has 1 N–H and O–H groups in total. The van der Waals surface area contributed by atoms with Crippen LogP contribution in [0.5, 0.6) is 11.5 Å². The highest BCUT2D eigenvalue weighted by Crippen LogP contribution is 2.26. The number of nitrogens with one attached hydrogen (secondary N) is 1. The van der Waals surface area contributed by atoms with Crippen LogP contribution in [0.15, 0.2) is 84.9 Å². The average molecular weight is 524 g/mol. The van der Waals surface area contributed by atoms with Crippen molar-refractivity contribution in [2.24, 2.45) is 0 Å². The molecule has 0 aromatic heterocycles. The van der Waals surface area contributed by atoms with Crippen molar-refractivity contribution in [3.63, 3.8) is 0 Å². The number of rotatable bonds is 12. The van der Waals surface area contributed by atoms with Crippen molar-refractivity contribution < 1.29 is 22.7 Å². The summed E-state index contributed by atoms with van der Waals surface area (Å²) in [6.07, 6.45) is 1.44. The van der Waals surface area contributed by atoms with E-state index in [0.29, 0.717) is 30.2 Å². The summed E-state index contributed by atoms with van der Waals surface area (Å²) in [7, 11) is -3.81. The number of hydrogen-bond acceptors (Lipinski definition) is 5. The summed E-state index contributed by atoms with van der Waals surface area (Å²) in [5.41, 5.74) is 1.16. The molecule has 0 bridgehead atoms. The molecule has 0 fully saturated rings. The molecule has 0 spiro atoms. The third-order valence-corrected chi connectivity index (χ3v) is 6.86. The summed E-state index contributed by atoms with van der Waals surface area (Å²) in [4.78, 5) is 27.9. The van der Waals surface area contributed by atoms with E-state index in [2.05, 4.69) is 5.32 Å². The maximum absolute atomic E-state index is 13.6. The van der Waals surface area contributed by atoms with E-state index in [1.807, 2.05) is 74.5 Å². The minimum atomic E-state index is -3.81. The molecule has 0 radical (unpaired) electrons. The Balaban J connectivity index is 1.87. The number of hydrogen-bond donors (Lipinski definition) is 1. The maximum atomic E-state index is 13.6. The number of amides is 2. The molecule has 0 aliphatic heterocycles. The maximum Gasteiger partial charge on any atom is 0.244 e. The van der Waals surface area contributed by atoms with Gasteiger partial charge in [0.25, 0.3) is 0 Å². The summed E-state index contributed by atoms with van der Waals surface area (Å²) < 4.78 is 32.3. The number of anilines is 1. The van der Waals surface area contributed by atoms with Gasteiger partial charge in [-0.15, -0.1) is 0 Å².